The summed E-state index contributed by atoms with van der Waals surface area (Å²) in [5.41, 5.74) is 0.846. The van der Waals surface area contributed by atoms with E-state index in [9.17, 15) is 4.79 Å². The van der Waals surface area contributed by atoms with Gasteiger partial charge in [-0.05, 0) is 17.7 Å². The highest BCUT2D eigenvalue weighted by molar-refractivity contribution is 6.27. The summed E-state index contributed by atoms with van der Waals surface area (Å²) in [6.07, 6.45) is 0. The maximum atomic E-state index is 10.8. The van der Waals surface area contributed by atoms with Gasteiger partial charge in [0, 0.05) is 6.54 Å². The molecule has 0 saturated heterocycles. The molecule has 3 nitrogen and oxygen atoms in total. The number of phenolic OH excluding ortho intramolecular Hbond substituents is 1. The molecule has 0 fully saturated rings. The first-order chi connectivity index (χ1) is 6.22. The smallest absolute Gasteiger partial charge is 0.235 e. The molecule has 0 heterocycles. The average molecular weight is 200 g/mol. The summed E-state index contributed by atoms with van der Waals surface area (Å²) in [7, 11) is 0. The predicted molar refractivity (Wildman–Crippen MR) is 50.7 cm³/mol. The summed E-state index contributed by atoms with van der Waals surface area (Å²) in [5, 5.41) is 11.7. The van der Waals surface area contributed by atoms with Gasteiger partial charge in [0.25, 0.3) is 0 Å². The maximum Gasteiger partial charge on any atom is 0.235 e. The largest absolute Gasteiger partial charge is 0.508 e. The Balaban J connectivity index is 2.50. The van der Waals surface area contributed by atoms with Crippen molar-refractivity contribution in [3.8, 4) is 5.75 Å². The molecule has 0 saturated carbocycles. The number of hydrogen-bond acceptors (Lipinski definition) is 2. The maximum absolute atomic E-state index is 10.8. The minimum Gasteiger partial charge on any atom is -0.508 e. The molecule has 1 rings (SSSR count). The van der Waals surface area contributed by atoms with Crippen molar-refractivity contribution in [2.45, 2.75) is 6.54 Å². The molecule has 1 amide bonds. The van der Waals surface area contributed by atoms with Crippen LogP contribution in [0.2, 0.25) is 0 Å². The molecule has 0 aliphatic heterocycles. The van der Waals surface area contributed by atoms with E-state index in [-0.39, 0.29) is 17.5 Å². The zero-order valence-corrected chi connectivity index (χ0v) is 7.71. The van der Waals surface area contributed by atoms with Crippen LogP contribution < -0.4 is 5.32 Å². The van der Waals surface area contributed by atoms with Gasteiger partial charge in [0.05, 0.1) is 0 Å². The van der Waals surface area contributed by atoms with Crippen molar-refractivity contribution in [3.05, 3.63) is 29.8 Å². The number of amides is 1. The number of alkyl halides is 1. The van der Waals surface area contributed by atoms with Crippen LogP contribution in [0.15, 0.2) is 24.3 Å². The summed E-state index contributed by atoms with van der Waals surface area (Å²) in [4.78, 5) is 10.8. The molecule has 2 N–H and O–H groups in total. The number of aromatic hydroxyl groups is 1. The van der Waals surface area contributed by atoms with Crippen molar-refractivity contribution in [1.82, 2.24) is 5.32 Å². The number of rotatable bonds is 3. The van der Waals surface area contributed by atoms with Crippen LogP contribution in [0.3, 0.4) is 0 Å². The predicted octanol–water partition coefficient (Wildman–Crippen LogP) is 1.25. The van der Waals surface area contributed by atoms with E-state index in [2.05, 4.69) is 5.32 Å². The lowest BCUT2D eigenvalue weighted by Gasteiger charge is -2.02. The number of phenols is 1. The first-order valence-electron chi connectivity index (χ1n) is 3.83. The van der Waals surface area contributed by atoms with Crippen molar-refractivity contribution in [2.24, 2.45) is 0 Å². The number of carbonyl (C=O) groups is 1. The fraction of sp³-hybridized carbons (Fsp3) is 0.222. The zero-order valence-electron chi connectivity index (χ0n) is 6.96. The van der Waals surface area contributed by atoms with Gasteiger partial charge in [-0.2, -0.15) is 0 Å². The molecule has 1 aromatic carbocycles. The Labute approximate surface area is 81.3 Å². The zero-order chi connectivity index (χ0) is 9.68. The third kappa shape index (κ3) is 3.34. The Hall–Kier alpha value is -1.22. The Bertz CT molecular complexity index is 301. The average Bonchev–Trinajstić information content (AvgIpc) is 2.14. The van der Waals surface area contributed by atoms with Gasteiger partial charge in [0.15, 0.2) is 0 Å². The lowest BCUT2D eigenvalue weighted by molar-refractivity contribution is -0.118. The summed E-state index contributed by atoms with van der Waals surface area (Å²) >= 11 is 5.29. The second-order valence-corrected chi connectivity index (χ2v) is 2.85. The van der Waals surface area contributed by atoms with Gasteiger partial charge in [-0.15, -0.1) is 11.6 Å². The van der Waals surface area contributed by atoms with Crippen LogP contribution >= 0.6 is 11.6 Å². The van der Waals surface area contributed by atoms with Crippen LogP contribution in [0, 0.1) is 0 Å². The van der Waals surface area contributed by atoms with Gasteiger partial charge in [-0.1, -0.05) is 12.1 Å². The Kier molecular flexibility index (Phi) is 3.58. The van der Waals surface area contributed by atoms with Crippen LogP contribution in [0.4, 0.5) is 0 Å². The second-order valence-electron chi connectivity index (χ2n) is 2.58. The van der Waals surface area contributed by atoms with Crippen LogP contribution in [0.5, 0.6) is 5.75 Å². The fourth-order valence-corrected chi connectivity index (χ4v) is 1.01. The Morgan fingerprint density at radius 3 is 2.92 bits per heavy atom. The molecule has 0 aliphatic carbocycles. The van der Waals surface area contributed by atoms with Gasteiger partial charge >= 0.3 is 0 Å². The van der Waals surface area contributed by atoms with Gasteiger partial charge in [-0.3, -0.25) is 4.79 Å². The van der Waals surface area contributed by atoms with Crippen molar-refractivity contribution in [1.29, 1.82) is 0 Å². The number of halogens is 1. The van der Waals surface area contributed by atoms with Gasteiger partial charge in [0.1, 0.15) is 11.6 Å². The summed E-state index contributed by atoms with van der Waals surface area (Å²) < 4.78 is 0. The van der Waals surface area contributed by atoms with E-state index < -0.39 is 0 Å². The monoisotopic (exact) mass is 199 g/mol. The Morgan fingerprint density at radius 2 is 2.31 bits per heavy atom. The van der Waals surface area contributed by atoms with Crippen LogP contribution in [0.1, 0.15) is 5.56 Å². The molecular weight excluding hydrogens is 190 g/mol. The van der Waals surface area contributed by atoms with E-state index in [4.69, 9.17) is 16.7 Å². The molecule has 4 heteroatoms. The number of benzene rings is 1. The van der Waals surface area contributed by atoms with E-state index in [0.29, 0.717) is 6.54 Å². The van der Waals surface area contributed by atoms with E-state index >= 15 is 0 Å². The standard InChI is InChI=1S/C9H10ClNO2/c10-5-9(13)11-6-7-2-1-3-8(12)4-7/h1-4,12H,5-6H2,(H,11,13). The highest BCUT2D eigenvalue weighted by Gasteiger charge is 1.98. The SMILES string of the molecule is O=C(CCl)NCc1cccc(O)c1. The van der Waals surface area contributed by atoms with E-state index in [1.54, 1.807) is 18.2 Å². The minimum absolute atomic E-state index is 0.0428. The highest BCUT2D eigenvalue weighted by Crippen LogP contribution is 2.10. The number of carbonyl (C=O) groups excluding carboxylic acids is 1. The fourth-order valence-electron chi connectivity index (χ4n) is 0.914. The van der Waals surface area contributed by atoms with Gasteiger partial charge < -0.3 is 10.4 Å². The molecule has 0 aliphatic rings. The minimum atomic E-state index is -0.218. The van der Waals surface area contributed by atoms with Gasteiger partial charge in [-0.25, -0.2) is 0 Å². The van der Waals surface area contributed by atoms with Gasteiger partial charge in [0.2, 0.25) is 5.91 Å². The van der Waals surface area contributed by atoms with Crippen molar-refractivity contribution in [2.75, 3.05) is 5.88 Å². The molecule has 13 heavy (non-hydrogen) atoms. The van der Waals surface area contributed by atoms with Crippen LogP contribution in [-0.2, 0) is 11.3 Å². The first-order valence-corrected chi connectivity index (χ1v) is 4.36. The quantitative estimate of drug-likeness (QED) is 0.720. The molecule has 70 valence electrons. The Morgan fingerprint density at radius 1 is 1.54 bits per heavy atom. The highest BCUT2D eigenvalue weighted by atomic mass is 35.5. The summed E-state index contributed by atoms with van der Waals surface area (Å²) in [6, 6.07) is 6.70. The third-order valence-electron chi connectivity index (χ3n) is 1.52. The van der Waals surface area contributed by atoms with Crippen molar-refractivity contribution in [3.63, 3.8) is 0 Å². The second kappa shape index (κ2) is 4.72. The molecule has 0 spiro atoms. The molecule has 0 radical (unpaired) electrons. The first kappa shape index (κ1) is 9.86. The molecule has 0 atom stereocenters. The van der Waals surface area contributed by atoms with Crippen molar-refractivity contribution < 1.29 is 9.90 Å². The lowest BCUT2D eigenvalue weighted by Crippen LogP contribution is -2.23. The summed E-state index contributed by atoms with van der Waals surface area (Å²) in [5.74, 6) is -0.0682. The number of hydrogen-bond donors (Lipinski definition) is 2. The molecule has 0 aromatic heterocycles. The number of nitrogens with one attached hydrogen (secondary N) is 1. The summed E-state index contributed by atoms with van der Waals surface area (Å²) in [6.45, 7) is 0.389. The normalized spacial score (nSPS) is 9.62. The van der Waals surface area contributed by atoms with E-state index in [0.717, 1.165) is 5.56 Å². The molecule has 0 unspecified atom stereocenters. The topological polar surface area (TPSA) is 49.3 Å². The molecular formula is C9H10ClNO2. The van der Waals surface area contributed by atoms with E-state index in [1.807, 2.05) is 6.07 Å². The molecule has 0 bridgehead atoms. The third-order valence-corrected chi connectivity index (χ3v) is 1.76. The molecule has 1 aromatic rings. The van der Waals surface area contributed by atoms with E-state index in [1.165, 1.54) is 0 Å². The van der Waals surface area contributed by atoms with Crippen LogP contribution in [0.25, 0.3) is 0 Å². The van der Waals surface area contributed by atoms with Crippen molar-refractivity contribution >= 4 is 17.5 Å². The lowest BCUT2D eigenvalue weighted by atomic mass is 10.2. The van der Waals surface area contributed by atoms with Crippen LogP contribution in [-0.4, -0.2) is 16.9 Å².